The van der Waals surface area contributed by atoms with Crippen LogP contribution in [0.5, 0.6) is 0 Å². The molecule has 0 radical (unpaired) electrons. The van der Waals surface area contributed by atoms with E-state index < -0.39 is 6.10 Å². The van der Waals surface area contributed by atoms with Crippen molar-refractivity contribution in [2.24, 2.45) is 0 Å². The highest BCUT2D eigenvalue weighted by Gasteiger charge is 2.15. The standard InChI is InChI=1S/C14H18N2O2S/c17-12(9-18-14-8-15-4-5-16-14)10-1-2-13-11(7-10)3-6-19-13/h1-3,6-7,12,14-17H,4-5,8-9H2. The van der Waals surface area contributed by atoms with E-state index >= 15 is 0 Å². The zero-order valence-corrected chi connectivity index (χ0v) is 11.5. The van der Waals surface area contributed by atoms with Crippen molar-refractivity contribution < 1.29 is 9.84 Å². The van der Waals surface area contributed by atoms with Crippen LogP contribution in [-0.4, -0.2) is 37.6 Å². The predicted octanol–water partition coefficient (Wildman–Crippen LogP) is 1.47. The maximum atomic E-state index is 10.2. The number of benzene rings is 1. The SMILES string of the molecule is OC(COC1CNCCN1)c1ccc2sccc2c1. The average molecular weight is 278 g/mol. The summed E-state index contributed by atoms with van der Waals surface area (Å²) in [5.74, 6) is 0. The van der Waals surface area contributed by atoms with Crippen LogP contribution in [0.4, 0.5) is 0 Å². The lowest BCUT2D eigenvalue weighted by Crippen LogP contribution is -2.49. The first-order valence-electron chi connectivity index (χ1n) is 6.54. The van der Waals surface area contributed by atoms with Crippen molar-refractivity contribution in [3.8, 4) is 0 Å². The van der Waals surface area contributed by atoms with E-state index in [9.17, 15) is 5.11 Å². The molecule has 3 rings (SSSR count). The van der Waals surface area contributed by atoms with Crippen molar-refractivity contribution in [2.45, 2.75) is 12.3 Å². The summed E-state index contributed by atoms with van der Waals surface area (Å²) in [5.41, 5.74) is 0.912. The minimum atomic E-state index is -0.576. The molecule has 4 nitrogen and oxygen atoms in total. The first-order chi connectivity index (χ1) is 9.33. The van der Waals surface area contributed by atoms with Crippen LogP contribution in [0.15, 0.2) is 29.6 Å². The summed E-state index contributed by atoms with van der Waals surface area (Å²) in [6, 6.07) is 8.13. The first-order valence-corrected chi connectivity index (χ1v) is 7.42. The second kappa shape index (κ2) is 5.98. The van der Waals surface area contributed by atoms with E-state index in [1.54, 1.807) is 11.3 Å². The number of fused-ring (bicyclic) bond motifs is 1. The maximum Gasteiger partial charge on any atom is 0.120 e. The molecule has 2 unspecified atom stereocenters. The monoisotopic (exact) mass is 278 g/mol. The highest BCUT2D eigenvalue weighted by Crippen LogP contribution is 2.24. The maximum absolute atomic E-state index is 10.2. The Hall–Kier alpha value is -0.980. The zero-order chi connectivity index (χ0) is 13.1. The van der Waals surface area contributed by atoms with Gasteiger partial charge in [-0.1, -0.05) is 6.07 Å². The number of thiophene rings is 1. The van der Waals surface area contributed by atoms with Gasteiger partial charge < -0.3 is 15.2 Å². The second-order valence-corrected chi connectivity index (χ2v) is 5.66. The molecule has 0 amide bonds. The van der Waals surface area contributed by atoms with Crippen molar-refractivity contribution in [1.82, 2.24) is 10.6 Å². The Bertz CT molecular complexity index is 537. The zero-order valence-electron chi connectivity index (χ0n) is 10.6. The molecule has 1 saturated heterocycles. The van der Waals surface area contributed by atoms with Crippen molar-refractivity contribution in [3.05, 3.63) is 35.2 Å². The molecule has 1 aromatic carbocycles. The fraction of sp³-hybridized carbons (Fsp3) is 0.429. The third-order valence-electron chi connectivity index (χ3n) is 3.32. The highest BCUT2D eigenvalue weighted by atomic mass is 32.1. The van der Waals surface area contributed by atoms with Crippen LogP contribution in [0.3, 0.4) is 0 Å². The summed E-state index contributed by atoms with van der Waals surface area (Å²) < 4.78 is 6.92. The molecule has 1 aliphatic heterocycles. The Balaban J connectivity index is 1.60. The minimum absolute atomic E-state index is 0.00622. The van der Waals surface area contributed by atoms with Gasteiger partial charge in [0.15, 0.2) is 0 Å². The Morgan fingerprint density at radius 3 is 3.16 bits per heavy atom. The van der Waals surface area contributed by atoms with E-state index in [1.165, 1.54) is 10.1 Å². The lowest BCUT2D eigenvalue weighted by Gasteiger charge is -2.25. The van der Waals surface area contributed by atoms with Crippen molar-refractivity contribution in [2.75, 3.05) is 26.2 Å². The van der Waals surface area contributed by atoms with E-state index in [4.69, 9.17) is 4.74 Å². The number of aliphatic hydroxyl groups excluding tert-OH is 1. The molecule has 1 fully saturated rings. The predicted molar refractivity (Wildman–Crippen MR) is 77.4 cm³/mol. The first kappa shape index (κ1) is 13.0. The van der Waals surface area contributed by atoms with Crippen molar-refractivity contribution in [3.63, 3.8) is 0 Å². The number of hydrogen-bond donors (Lipinski definition) is 3. The van der Waals surface area contributed by atoms with Gasteiger partial charge in [0, 0.05) is 24.3 Å². The molecule has 2 heterocycles. The van der Waals surface area contributed by atoms with Gasteiger partial charge in [-0.05, 0) is 34.5 Å². The van der Waals surface area contributed by atoms with Gasteiger partial charge in [-0.25, -0.2) is 0 Å². The quantitative estimate of drug-likeness (QED) is 0.793. The van der Waals surface area contributed by atoms with Gasteiger partial charge in [-0.3, -0.25) is 5.32 Å². The number of nitrogens with one attached hydrogen (secondary N) is 2. The molecular weight excluding hydrogens is 260 g/mol. The van der Waals surface area contributed by atoms with Crippen LogP contribution in [0, 0.1) is 0 Å². The summed E-state index contributed by atoms with van der Waals surface area (Å²) in [7, 11) is 0. The van der Waals surface area contributed by atoms with E-state index in [0.717, 1.165) is 25.2 Å². The van der Waals surface area contributed by atoms with Gasteiger partial charge in [-0.15, -0.1) is 11.3 Å². The van der Waals surface area contributed by atoms with Gasteiger partial charge >= 0.3 is 0 Å². The van der Waals surface area contributed by atoms with Crippen LogP contribution < -0.4 is 10.6 Å². The molecule has 0 aliphatic carbocycles. The van der Waals surface area contributed by atoms with E-state index in [-0.39, 0.29) is 6.23 Å². The van der Waals surface area contributed by atoms with Crippen molar-refractivity contribution in [1.29, 1.82) is 0 Å². The average Bonchev–Trinajstić information content (AvgIpc) is 2.93. The normalized spacial score (nSPS) is 21.6. The van der Waals surface area contributed by atoms with Crippen LogP contribution in [0.2, 0.25) is 0 Å². The lowest BCUT2D eigenvalue weighted by atomic mass is 10.1. The number of aliphatic hydroxyl groups is 1. The van der Waals surface area contributed by atoms with Crippen LogP contribution in [0.1, 0.15) is 11.7 Å². The molecular formula is C14H18N2O2S. The molecule has 0 bridgehead atoms. The fourth-order valence-corrected chi connectivity index (χ4v) is 3.01. The molecule has 5 heteroatoms. The second-order valence-electron chi connectivity index (χ2n) is 4.71. The highest BCUT2D eigenvalue weighted by molar-refractivity contribution is 7.17. The molecule has 1 aliphatic rings. The summed E-state index contributed by atoms with van der Waals surface area (Å²) >= 11 is 1.71. The summed E-state index contributed by atoms with van der Waals surface area (Å²) in [6.45, 7) is 2.98. The van der Waals surface area contributed by atoms with Crippen molar-refractivity contribution >= 4 is 21.4 Å². The number of piperazine rings is 1. The smallest absolute Gasteiger partial charge is 0.120 e. The lowest BCUT2D eigenvalue weighted by molar-refractivity contribution is -0.0293. The third kappa shape index (κ3) is 3.13. The van der Waals surface area contributed by atoms with Crippen LogP contribution in [-0.2, 0) is 4.74 Å². The molecule has 3 N–H and O–H groups in total. The molecule has 102 valence electrons. The molecule has 19 heavy (non-hydrogen) atoms. The number of hydrogen-bond acceptors (Lipinski definition) is 5. The molecule has 2 atom stereocenters. The van der Waals surface area contributed by atoms with Gasteiger partial charge in [0.1, 0.15) is 12.3 Å². The Morgan fingerprint density at radius 2 is 2.32 bits per heavy atom. The third-order valence-corrected chi connectivity index (χ3v) is 4.22. The van der Waals surface area contributed by atoms with E-state index in [2.05, 4.69) is 28.1 Å². The summed E-state index contributed by atoms with van der Waals surface area (Å²) in [5, 5.41) is 19.9. The summed E-state index contributed by atoms with van der Waals surface area (Å²) in [4.78, 5) is 0. The van der Waals surface area contributed by atoms with Gasteiger partial charge in [-0.2, -0.15) is 0 Å². The largest absolute Gasteiger partial charge is 0.386 e. The fourth-order valence-electron chi connectivity index (χ4n) is 2.24. The minimum Gasteiger partial charge on any atom is -0.386 e. The van der Waals surface area contributed by atoms with Gasteiger partial charge in [0.25, 0.3) is 0 Å². The Labute approximate surface area is 116 Å². The van der Waals surface area contributed by atoms with Crippen LogP contribution >= 0.6 is 11.3 Å². The Morgan fingerprint density at radius 1 is 1.37 bits per heavy atom. The topological polar surface area (TPSA) is 53.5 Å². The molecule has 1 aromatic heterocycles. The Kier molecular flexibility index (Phi) is 4.10. The number of ether oxygens (including phenoxy) is 1. The van der Waals surface area contributed by atoms with Gasteiger partial charge in [0.2, 0.25) is 0 Å². The number of rotatable bonds is 4. The molecule has 0 saturated carbocycles. The van der Waals surface area contributed by atoms with Crippen LogP contribution in [0.25, 0.3) is 10.1 Å². The summed E-state index contributed by atoms with van der Waals surface area (Å²) in [6.07, 6.45) is -0.582. The molecule has 0 spiro atoms. The van der Waals surface area contributed by atoms with E-state index in [1.807, 2.05) is 12.1 Å². The van der Waals surface area contributed by atoms with Gasteiger partial charge in [0.05, 0.1) is 6.61 Å². The molecule has 2 aromatic rings. The van der Waals surface area contributed by atoms with E-state index in [0.29, 0.717) is 6.61 Å².